The quantitative estimate of drug-likeness (QED) is 0.140. The number of fused-ring (bicyclic) bond motifs is 5. The first-order chi connectivity index (χ1) is 25.9. The smallest absolute Gasteiger partial charge is 0.187 e. The summed E-state index contributed by atoms with van der Waals surface area (Å²) in [7, 11) is 0. The largest absolute Gasteiger partial charge is 0.393 e. The minimum Gasteiger partial charge on any atom is -0.393 e. The normalized spacial score (nSPS) is 53.3. The number of ether oxygens (including phenoxy) is 4. The van der Waals surface area contributed by atoms with Crippen LogP contribution in [0.1, 0.15) is 107 Å². The van der Waals surface area contributed by atoms with Crippen molar-refractivity contribution in [2.24, 2.45) is 45.3 Å². The summed E-state index contributed by atoms with van der Waals surface area (Å²) in [5.74, 6) is -0.313. The lowest BCUT2D eigenvalue weighted by Crippen LogP contribution is -2.68. The van der Waals surface area contributed by atoms with Crippen LogP contribution in [0, 0.1) is 45.3 Å². The summed E-state index contributed by atoms with van der Waals surface area (Å²) in [5, 5.41) is 110. The molecule has 0 bridgehead atoms. The van der Waals surface area contributed by atoms with Crippen LogP contribution in [0.5, 0.6) is 0 Å². The molecule has 0 spiro atoms. The van der Waals surface area contributed by atoms with Gasteiger partial charge in [-0.15, -0.1) is 0 Å². The maximum Gasteiger partial charge on any atom is 0.187 e. The van der Waals surface area contributed by atoms with E-state index in [0.29, 0.717) is 24.8 Å². The Bertz CT molecular complexity index is 1410. The third-order valence-electron chi connectivity index (χ3n) is 16.9. The van der Waals surface area contributed by atoms with Crippen molar-refractivity contribution in [1.82, 2.24) is 0 Å². The standard InChI is InChI=1S/C42H72O14/c1-19(2)22(43)11-15-42(9,56-37-34(51)32(49)30(47)25(55-37)18-53-36-33(50)31(48)29(46)20(3)54-36)21-10-13-41(8)28(21)23(44)16-27-39(6)17-24(45)35(52)38(4,5)26(39)12-14-40(27,41)7/h20-37,43-52H,1,10-18H2,2-9H3/t20-,21-,22-,23+,24+,25+,26-,27+,28-,29-,30+,31+,32-,33+,34+,35-,36+,37-,39-,40+,41+,42-/m0/s1. The van der Waals surface area contributed by atoms with Crippen molar-refractivity contribution in [1.29, 1.82) is 0 Å². The SMILES string of the molecule is C=C(C)[C@@H](O)CC[C@](C)(O[C@@H]1O[C@H](CO[C@@H]2O[C@@H](C)[C@H](O)[C@@H](O)[C@H]2O)[C@@H](O)[C@H](O)[C@H]1O)[C@H]1CC[C@]2(C)[C@@H]1[C@H](O)C[C@@H]1[C@@]3(C)C[C@@H](O)[C@H](O)C(C)(C)[C@@H]3CC[C@]12C. The fourth-order valence-electron chi connectivity index (χ4n) is 13.3. The van der Waals surface area contributed by atoms with Crippen LogP contribution in [0.2, 0.25) is 0 Å². The average molecular weight is 801 g/mol. The minimum atomic E-state index is -1.71. The van der Waals surface area contributed by atoms with Crippen LogP contribution >= 0.6 is 0 Å². The number of hydrogen-bond acceptors (Lipinski definition) is 14. The lowest BCUT2D eigenvalue weighted by Gasteiger charge is -2.71. The lowest BCUT2D eigenvalue weighted by molar-refractivity contribution is -0.349. The highest BCUT2D eigenvalue weighted by atomic mass is 16.7. The van der Waals surface area contributed by atoms with Crippen molar-refractivity contribution in [3.05, 3.63) is 12.2 Å². The maximum absolute atomic E-state index is 12.4. The summed E-state index contributed by atoms with van der Waals surface area (Å²) in [6.45, 7) is 19.6. The van der Waals surface area contributed by atoms with Crippen LogP contribution in [0.4, 0.5) is 0 Å². The number of hydrogen-bond donors (Lipinski definition) is 10. The van der Waals surface area contributed by atoms with E-state index in [2.05, 4.69) is 41.2 Å². The molecule has 6 fully saturated rings. The average Bonchev–Trinajstić information content (AvgIpc) is 3.52. The van der Waals surface area contributed by atoms with Gasteiger partial charge in [0, 0.05) is 0 Å². The van der Waals surface area contributed by atoms with Gasteiger partial charge < -0.3 is 70.0 Å². The summed E-state index contributed by atoms with van der Waals surface area (Å²) in [6.07, 6.45) is -13.0. The molecule has 2 heterocycles. The van der Waals surface area contributed by atoms with Gasteiger partial charge in [0.25, 0.3) is 0 Å². The Morgan fingerprint density at radius 2 is 1.39 bits per heavy atom. The van der Waals surface area contributed by atoms with Gasteiger partial charge >= 0.3 is 0 Å². The van der Waals surface area contributed by atoms with Crippen LogP contribution in [-0.2, 0) is 18.9 Å². The van der Waals surface area contributed by atoms with E-state index in [-0.39, 0.29) is 52.8 Å². The van der Waals surface area contributed by atoms with Gasteiger partial charge in [0.2, 0.25) is 0 Å². The molecule has 0 aromatic heterocycles. The second-order valence-electron chi connectivity index (χ2n) is 20.4. The molecule has 14 nitrogen and oxygen atoms in total. The summed E-state index contributed by atoms with van der Waals surface area (Å²) < 4.78 is 24.2. The third kappa shape index (κ3) is 7.06. The molecule has 0 aromatic rings. The molecule has 0 unspecified atom stereocenters. The lowest BCUT2D eigenvalue weighted by atomic mass is 9.35. The Morgan fingerprint density at radius 3 is 2.04 bits per heavy atom. The van der Waals surface area contributed by atoms with Crippen molar-refractivity contribution < 1.29 is 70.0 Å². The molecule has 0 aromatic carbocycles. The molecule has 22 atom stereocenters. The van der Waals surface area contributed by atoms with Crippen molar-refractivity contribution in [2.75, 3.05) is 6.61 Å². The minimum absolute atomic E-state index is 0.0718. The van der Waals surface area contributed by atoms with Gasteiger partial charge in [-0.05, 0) is 117 Å². The summed E-state index contributed by atoms with van der Waals surface area (Å²) in [5.41, 5.74) is -1.98. The maximum atomic E-state index is 12.4. The van der Waals surface area contributed by atoms with Crippen LogP contribution in [0.3, 0.4) is 0 Å². The second-order valence-corrected chi connectivity index (χ2v) is 20.4. The van der Waals surface area contributed by atoms with E-state index in [1.165, 1.54) is 6.92 Å². The number of rotatable bonds is 10. The molecular formula is C42H72O14. The van der Waals surface area contributed by atoms with Crippen LogP contribution in [0.15, 0.2) is 12.2 Å². The molecule has 0 amide bonds. The molecule has 14 heteroatoms. The number of aliphatic hydroxyl groups excluding tert-OH is 10. The first-order valence-electron chi connectivity index (χ1n) is 20.9. The molecule has 4 saturated carbocycles. The van der Waals surface area contributed by atoms with E-state index in [0.717, 1.165) is 19.3 Å². The molecule has 4 aliphatic carbocycles. The van der Waals surface area contributed by atoms with Crippen molar-refractivity contribution in [3.63, 3.8) is 0 Å². The van der Waals surface area contributed by atoms with Crippen LogP contribution < -0.4 is 0 Å². The molecule has 2 saturated heterocycles. The topological polar surface area (TPSA) is 239 Å². The monoisotopic (exact) mass is 800 g/mol. The molecule has 6 aliphatic rings. The zero-order chi connectivity index (χ0) is 41.7. The zero-order valence-corrected chi connectivity index (χ0v) is 34.6. The van der Waals surface area contributed by atoms with E-state index in [1.807, 2.05) is 6.92 Å². The van der Waals surface area contributed by atoms with Crippen molar-refractivity contribution in [3.8, 4) is 0 Å². The Morgan fingerprint density at radius 1 is 0.786 bits per heavy atom. The summed E-state index contributed by atoms with van der Waals surface area (Å²) in [4.78, 5) is 0. The van der Waals surface area contributed by atoms with Crippen LogP contribution in [0.25, 0.3) is 0 Å². The molecule has 324 valence electrons. The van der Waals surface area contributed by atoms with Gasteiger partial charge in [0.15, 0.2) is 12.6 Å². The number of aliphatic hydroxyl groups is 10. The third-order valence-corrected chi connectivity index (χ3v) is 16.9. The Hall–Kier alpha value is -0.820. The van der Waals surface area contributed by atoms with Gasteiger partial charge in [-0.3, -0.25) is 0 Å². The molecule has 2 aliphatic heterocycles. The second kappa shape index (κ2) is 15.6. The van der Waals surface area contributed by atoms with E-state index < -0.39 is 103 Å². The van der Waals surface area contributed by atoms with E-state index >= 15 is 0 Å². The highest BCUT2D eigenvalue weighted by Crippen LogP contribution is 2.76. The fraction of sp³-hybridized carbons (Fsp3) is 0.952. The molecular weight excluding hydrogens is 728 g/mol. The highest BCUT2D eigenvalue weighted by molar-refractivity contribution is 5.21. The predicted molar refractivity (Wildman–Crippen MR) is 202 cm³/mol. The Labute approximate surface area is 331 Å². The first kappa shape index (κ1) is 44.7. The van der Waals surface area contributed by atoms with Gasteiger partial charge in [-0.1, -0.05) is 46.8 Å². The first-order valence-corrected chi connectivity index (χ1v) is 20.9. The Kier molecular flexibility index (Phi) is 12.4. The van der Waals surface area contributed by atoms with Crippen molar-refractivity contribution >= 4 is 0 Å². The molecule has 6 rings (SSSR count). The van der Waals surface area contributed by atoms with Crippen molar-refractivity contribution in [2.45, 2.75) is 198 Å². The van der Waals surface area contributed by atoms with Gasteiger partial charge in [-0.2, -0.15) is 0 Å². The van der Waals surface area contributed by atoms with E-state index in [4.69, 9.17) is 18.9 Å². The molecule has 56 heavy (non-hydrogen) atoms. The zero-order valence-electron chi connectivity index (χ0n) is 34.6. The van der Waals surface area contributed by atoms with Gasteiger partial charge in [0.05, 0.1) is 42.7 Å². The highest BCUT2D eigenvalue weighted by Gasteiger charge is 2.72. The Balaban J connectivity index is 1.28. The predicted octanol–water partition coefficient (Wildman–Crippen LogP) is 1.12. The van der Waals surface area contributed by atoms with E-state index in [9.17, 15) is 51.1 Å². The fourth-order valence-corrected chi connectivity index (χ4v) is 13.3. The van der Waals surface area contributed by atoms with Gasteiger partial charge in [-0.25, -0.2) is 0 Å². The summed E-state index contributed by atoms with van der Waals surface area (Å²) in [6, 6.07) is 0. The summed E-state index contributed by atoms with van der Waals surface area (Å²) >= 11 is 0. The van der Waals surface area contributed by atoms with E-state index in [1.54, 1.807) is 6.92 Å². The molecule has 10 N–H and O–H groups in total. The molecule has 0 radical (unpaired) electrons. The van der Waals surface area contributed by atoms with Gasteiger partial charge in [0.1, 0.15) is 42.7 Å². The van der Waals surface area contributed by atoms with Crippen LogP contribution in [-0.4, -0.2) is 149 Å².